The number of aromatic amines is 2. The highest BCUT2D eigenvalue weighted by Gasteiger charge is 2.22. The maximum Gasteiger partial charge on any atom is 0.359 e. The smallest absolute Gasteiger partial charge is 0.359 e. The number of H-pyrrole nitrogens is 2. The number of para-hydroxylation sites is 1. The van der Waals surface area contributed by atoms with Gasteiger partial charge in [0.1, 0.15) is 11.4 Å². The molecule has 10 heteroatoms. The molecule has 0 saturated heterocycles. The van der Waals surface area contributed by atoms with E-state index in [-0.39, 0.29) is 18.1 Å². The molecule has 0 unspecified atom stereocenters. The number of carbonyl (C=O) groups is 2. The number of nitrogen functional groups attached to an aromatic ring is 1. The van der Waals surface area contributed by atoms with Gasteiger partial charge >= 0.3 is 11.7 Å². The molecule has 2 heterocycles. The highest BCUT2D eigenvalue weighted by atomic mass is 16.5. The van der Waals surface area contributed by atoms with E-state index in [1.807, 2.05) is 11.9 Å². The van der Waals surface area contributed by atoms with Gasteiger partial charge in [0.25, 0.3) is 5.56 Å². The molecule has 1 aromatic carbocycles. The zero-order valence-electron chi connectivity index (χ0n) is 14.4. The third-order valence-electron chi connectivity index (χ3n) is 3.96. The van der Waals surface area contributed by atoms with Gasteiger partial charge < -0.3 is 10.5 Å². The van der Waals surface area contributed by atoms with Crippen LogP contribution in [-0.4, -0.2) is 38.1 Å². The molecule has 3 rings (SSSR count). The van der Waals surface area contributed by atoms with Crippen LogP contribution in [0.15, 0.2) is 33.9 Å². The number of nitrogens with two attached hydrogens (primary N) is 1. The zero-order valence-corrected chi connectivity index (χ0v) is 14.4. The summed E-state index contributed by atoms with van der Waals surface area (Å²) >= 11 is 0. The van der Waals surface area contributed by atoms with Crippen LogP contribution in [0.1, 0.15) is 34.2 Å². The number of esters is 1. The lowest BCUT2D eigenvalue weighted by Gasteiger charge is -2.11. The van der Waals surface area contributed by atoms with Gasteiger partial charge in [-0.15, -0.1) is 0 Å². The van der Waals surface area contributed by atoms with E-state index in [0.29, 0.717) is 17.3 Å². The van der Waals surface area contributed by atoms with Crippen LogP contribution in [0.3, 0.4) is 0 Å². The zero-order chi connectivity index (χ0) is 19.6. The number of ether oxygens (including phenoxy) is 1. The summed E-state index contributed by atoms with van der Waals surface area (Å²) in [6, 6.07) is 6.93. The molecule has 0 bridgehead atoms. The van der Waals surface area contributed by atoms with Crippen molar-refractivity contribution in [1.82, 2.24) is 19.7 Å². The van der Waals surface area contributed by atoms with Gasteiger partial charge in [0, 0.05) is 11.9 Å². The van der Waals surface area contributed by atoms with E-state index in [1.165, 1.54) is 0 Å². The van der Waals surface area contributed by atoms with Gasteiger partial charge in [0.2, 0.25) is 5.78 Å². The summed E-state index contributed by atoms with van der Waals surface area (Å²) in [6.07, 6.45) is 0.574. The van der Waals surface area contributed by atoms with Crippen molar-refractivity contribution in [1.29, 1.82) is 0 Å². The molecule has 0 aliphatic carbocycles. The summed E-state index contributed by atoms with van der Waals surface area (Å²) in [7, 11) is 0. The molecule has 4 N–H and O–H groups in total. The first-order valence-electron chi connectivity index (χ1n) is 8.20. The minimum atomic E-state index is -0.920. The number of hydrogen-bond donors (Lipinski definition) is 3. The van der Waals surface area contributed by atoms with Crippen LogP contribution in [0.25, 0.3) is 10.9 Å². The quantitative estimate of drug-likeness (QED) is 0.420. The fourth-order valence-electron chi connectivity index (χ4n) is 2.69. The SMILES string of the molecule is CCCn1c(N)c(C(=O)COC(=O)c2n[nH]c3ccccc23)c(=O)[nH]c1=O. The molecule has 0 saturated carbocycles. The average Bonchev–Trinajstić information content (AvgIpc) is 3.07. The molecular weight excluding hydrogens is 354 g/mol. The highest BCUT2D eigenvalue weighted by molar-refractivity contribution is 6.05. The van der Waals surface area contributed by atoms with Crippen LogP contribution in [0.5, 0.6) is 0 Å². The van der Waals surface area contributed by atoms with Crippen LogP contribution >= 0.6 is 0 Å². The minimum absolute atomic E-state index is 0.0243. The number of fused-ring (bicyclic) bond motifs is 1. The number of hydrogen-bond acceptors (Lipinski definition) is 7. The van der Waals surface area contributed by atoms with Crippen LogP contribution < -0.4 is 17.0 Å². The maximum atomic E-state index is 12.4. The molecule has 140 valence electrons. The van der Waals surface area contributed by atoms with E-state index in [4.69, 9.17) is 10.5 Å². The highest BCUT2D eigenvalue weighted by Crippen LogP contribution is 2.16. The summed E-state index contributed by atoms with van der Waals surface area (Å²) in [5.74, 6) is -1.89. The number of aromatic nitrogens is 4. The van der Waals surface area contributed by atoms with E-state index in [1.54, 1.807) is 24.3 Å². The van der Waals surface area contributed by atoms with Crippen molar-refractivity contribution in [2.45, 2.75) is 19.9 Å². The Morgan fingerprint density at radius 3 is 2.74 bits per heavy atom. The summed E-state index contributed by atoms with van der Waals surface area (Å²) < 4.78 is 6.08. The molecule has 0 atom stereocenters. The molecule has 0 radical (unpaired) electrons. The van der Waals surface area contributed by atoms with E-state index >= 15 is 0 Å². The monoisotopic (exact) mass is 371 g/mol. The van der Waals surface area contributed by atoms with Crippen molar-refractivity contribution in [3.63, 3.8) is 0 Å². The summed E-state index contributed by atoms with van der Waals surface area (Å²) in [5, 5.41) is 7.11. The van der Waals surface area contributed by atoms with Gasteiger partial charge in [-0.3, -0.25) is 24.2 Å². The Morgan fingerprint density at radius 1 is 1.26 bits per heavy atom. The molecule has 27 heavy (non-hydrogen) atoms. The predicted octanol–water partition coefficient (Wildman–Crippen LogP) is 0.445. The Labute approximate surface area is 152 Å². The number of anilines is 1. The molecule has 3 aromatic rings. The van der Waals surface area contributed by atoms with Crippen LogP contribution in [0.4, 0.5) is 5.82 Å². The second-order valence-corrected chi connectivity index (χ2v) is 5.79. The van der Waals surface area contributed by atoms with Crippen molar-refractivity contribution < 1.29 is 14.3 Å². The normalized spacial score (nSPS) is 10.9. The third-order valence-corrected chi connectivity index (χ3v) is 3.96. The molecule has 0 spiro atoms. The summed E-state index contributed by atoms with van der Waals surface area (Å²) in [5.41, 5.74) is 4.45. The number of nitrogens with one attached hydrogen (secondary N) is 2. The first-order valence-corrected chi connectivity index (χ1v) is 8.20. The largest absolute Gasteiger partial charge is 0.452 e. The lowest BCUT2D eigenvalue weighted by Crippen LogP contribution is -2.37. The Kier molecular flexibility index (Phi) is 4.88. The average molecular weight is 371 g/mol. The minimum Gasteiger partial charge on any atom is -0.452 e. The molecule has 0 aliphatic heterocycles. The summed E-state index contributed by atoms with van der Waals surface area (Å²) in [6.45, 7) is 1.34. The van der Waals surface area contributed by atoms with Gasteiger partial charge in [-0.05, 0) is 12.5 Å². The Bertz CT molecular complexity index is 1140. The molecule has 2 aromatic heterocycles. The summed E-state index contributed by atoms with van der Waals surface area (Å²) in [4.78, 5) is 50.4. The third kappa shape index (κ3) is 3.36. The topological polar surface area (TPSA) is 153 Å². The lowest BCUT2D eigenvalue weighted by molar-refractivity contribution is 0.0470. The number of carbonyl (C=O) groups excluding carboxylic acids is 2. The van der Waals surface area contributed by atoms with Crippen LogP contribution in [-0.2, 0) is 11.3 Å². The number of benzene rings is 1. The molecule has 10 nitrogen and oxygen atoms in total. The van der Waals surface area contributed by atoms with Gasteiger partial charge in [0.15, 0.2) is 12.3 Å². The first kappa shape index (κ1) is 18.1. The lowest BCUT2D eigenvalue weighted by atomic mass is 10.2. The number of rotatable bonds is 6. The number of nitrogens with zero attached hydrogens (tertiary/aromatic N) is 2. The predicted molar refractivity (Wildman–Crippen MR) is 96.7 cm³/mol. The van der Waals surface area contributed by atoms with Crippen molar-refractivity contribution in [3.8, 4) is 0 Å². The van der Waals surface area contributed by atoms with E-state index < -0.39 is 35.2 Å². The fourth-order valence-corrected chi connectivity index (χ4v) is 2.69. The van der Waals surface area contributed by atoms with E-state index in [9.17, 15) is 19.2 Å². The van der Waals surface area contributed by atoms with Gasteiger partial charge in [0.05, 0.1) is 5.52 Å². The van der Waals surface area contributed by atoms with E-state index in [0.717, 1.165) is 4.57 Å². The van der Waals surface area contributed by atoms with Crippen molar-refractivity contribution >= 4 is 28.5 Å². The van der Waals surface area contributed by atoms with Crippen LogP contribution in [0, 0.1) is 0 Å². The van der Waals surface area contributed by atoms with Crippen molar-refractivity contribution in [2.75, 3.05) is 12.3 Å². The molecule has 0 amide bonds. The molecule has 0 aliphatic rings. The van der Waals surface area contributed by atoms with Gasteiger partial charge in [-0.1, -0.05) is 25.1 Å². The molecule has 0 fully saturated rings. The van der Waals surface area contributed by atoms with Crippen molar-refractivity contribution in [3.05, 3.63) is 56.4 Å². The maximum absolute atomic E-state index is 12.4. The Balaban J connectivity index is 1.82. The Hall–Kier alpha value is -3.69. The van der Waals surface area contributed by atoms with Crippen LogP contribution in [0.2, 0.25) is 0 Å². The second kappa shape index (κ2) is 7.28. The second-order valence-electron chi connectivity index (χ2n) is 5.79. The number of Topliss-reactive ketones (excluding diaryl/α,β-unsaturated/α-hetero) is 1. The standard InChI is InChI=1S/C17H17N5O5/c1-2-7-22-14(18)12(15(24)19-17(22)26)11(23)8-27-16(25)13-9-5-3-4-6-10(9)20-21-13/h3-6H,2,7-8,18H2,1H3,(H,20,21)(H,19,24,26). The first-order chi connectivity index (χ1) is 12.9. The fraction of sp³-hybridized carbons (Fsp3) is 0.235. The number of ketones is 1. The van der Waals surface area contributed by atoms with E-state index in [2.05, 4.69) is 10.2 Å². The van der Waals surface area contributed by atoms with Gasteiger partial charge in [-0.2, -0.15) is 5.10 Å². The van der Waals surface area contributed by atoms with Gasteiger partial charge in [-0.25, -0.2) is 9.59 Å². The van der Waals surface area contributed by atoms with Crippen molar-refractivity contribution in [2.24, 2.45) is 0 Å². The molecular formula is C17H17N5O5. The Morgan fingerprint density at radius 2 is 2.00 bits per heavy atom.